The van der Waals surface area contributed by atoms with Gasteiger partial charge in [0, 0.05) is 76.9 Å². The lowest BCUT2D eigenvalue weighted by Gasteiger charge is -2.56. The normalized spacial score (nSPS) is 25.2. The second-order valence-corrected chi connectivity index (χ2v) is 9.92. The second kappa shape index (κ2) is 9.17. The quantitative estimate of drug-likeness (QED) is 0.802. The van der Waals surface area contributed by atoms with E-state index in [-0.39, 0.29) is 17.5 Å². The fourth-order valence-electron chi connectivity index (χ4n) is 5.63. The van der Waals surface area contributed by atoms with Crippen LogP contribution in [-0.4, -0.2) is 95.0 Å². The molecule has 3 amide bonds. The Labute approximate surface area is 186 Å². The van der Waals surface area contributed by atoms with Crippen molar-refractivity contribution in [3.63, 3.8) is 0 Å². The lowest BCUT2D eigenvalue weighted by Crippen LogP contribution is -2.71. The van der Waals surface area contributed by atoms with Crippen molar-refractivity contribution in [3.8, 4) is 0 Å². The van der Waals surface area contributed by atoms with E-state index in [1.165, 1.54) is 0 Å². The molecule has 3 saturated heterocycles. The Morgan fingerprint density at radius 3 is 2.35 bits per heavy atom. The number of amides is 3. The number of fused-ring (bicyclic) bond motifs is 1. The van der Waals surface area contributed by atoms with Crippen LogP contribution in [0.1, 0.15) is 39.2 Å². The van der Waals surface area contributed by atoms with Gasteiger partial charge in [0.15, 0.2) is 0 Å². The Hall–Kier alpha value is -2.12. The van der Waals surface area contributed by atoms with Crippen LogP contribution in [0.3, 0.4) is 0 Å². The average molecular weight is 428 g/mol. The summed E-state index contributed by atoms with van der Waals surface area (Å²) in [5.41, 5.74) is 1.09. The van der Waals surface area contributed by atoms with Crippen molar-refractivity contribution in [3.05, 3.63) is 35.9 Å². The van der Waals surface area contributed by atoms with E-state index in [9.17, 15) is 9.59 Å². The van der Waals surface area contributed by atoms with Gasteiger partial charge in [0.1, 0.15) is 0 Å². The molecule has 3 heterocycles. The SMILES string of the molecule is CC(=O)N1CCC(N2CCN3[C@H](CN(C(=O)NCc4ccccc4)CC3(C)C)C2)CC1. The number of nitrogens with one attached hydrogen (secondary N) is 1. The van der Waals surface area contributed by atoms with Crippen molar-refractivity contribution in [1.29, 1.82) is 0 Å². The largest absolute Gasteiger partial charge is 0.343 e. The highest BCUT2D eigenvalue weighted by molar-refractivity contribution is 5.74. The summed E-state index contributed by atoms with van der Waals surface area (Å²) in [4.78, 5) is 33.8. The number of hydrogen-bond acceptors (Lipinski definition) is 4. The third kappa shape index (κ3) is 5.04. The van der Waals surface area contributed by atoms with E-state index in [0.717, 1.165) is 64.2 Å². The fraction of sp³-hybridized carbons (Fsp3) is 0.667. The molecule has 1 aromatic rings. The highest BCUT2D eigenvalue weighted by Crippen LogP contribution is 2.30. The highest BCUT2D eigenvalue weighted by Gasteiger charge is 2.44. The van der Waals surface area contributed by atoms with Gasteiger partial charge in [-0.1, -0.05) is 30.3 Å². The molecule has 7 nitrogen and oxygen atoms in total. The number of rotatable bonds is 3. The van der Waals surface area contributed by atoms with Crippen LogP contribution in [-0.2, 0) is 11.3 Å². The zero-order valence-electron chi connectivity index (χ0n) is 19.2. The van der Waals surface area contributed by atoms with Gasteiger partial charge in [0.05, 0.1) is 0 Å². The van der Waals surface area contributed by atoms with Crippen LogP contribution >= 0.6 is 0 Å². The number of likely N-dealkylation sites (tertiary alicyclic amines) is 1. The average Bonchev–Trinajstić information content (AvgIpc) is 2.77. The topological polar surface area (TPSA) is 59.1 Å². The summed E-state index contributed by atoms with van der Waals surface area (Å²) in [5, 5.41) is 3.11. The standard InChI is InChI=1S/C24H37N5O2/c1-19(30)26-11-9-21(10-12-26)27-13-14-29-22(16-27)17-28(18-24(29,2)3)23(31)25-15-20-7-5-4-6-8-20/h4-8,21-22H,9-18H2,1-3H3,(H,25,31)/t22-/m0/s1. The van der Waals surface area contributed by atoms with Crippen molar-refractivity contribution in [2.45, 2.75) is 57.8 Å². The lowest BCUT2D eigenvalue weighted by molar-refractivity contribution is -0.130. The second-order valence-electron chi connectivity index (χ2n) is 9.92. The van der Waals surface area contributed by atoms with Crippen LogP contribution in [0, 0.1) is 0 Å². The zero-order chi connectivity index (χ0) is 22.0. The maximum atomic E-state index is 13.0. The predicted octanol–water partition coefficient (Wildman–Crippen LogP) is 1.99. The number of carbonyl (C=O) groups excluding carboxylic acids is 2. The molecule has 0 bridgehead atoms. The number of urea groups is 1. The molecule has 31 heavy (non-hydrogen) atoms. The van der Waals surface area contributed by atoms with Crippen LogP contribution in [0.15, 0.2) is 30.3 Å². The minimum atomic E-state index is -0.0307. The van der Waals surface area contributed by atoms with Crippen LogP contribution in [0.2, 0.25) is 0 Å². The van der Waals surface area contributed by atoms with E-state index < -0.39 is 0 Å². The van der Waals surface area contributed by atoms with Gasteiger partial charge in [-0.3, -0.25) is 14.6 Å². The molecule has 3 fully saturated rings. The van der Waals surface area contributed by atoms with Crippen molar-refractivity contribution < 1.29 is 9.59 Å². The summed E-state index contributed by atoms with van der Waals surface area (Å²) in [7, 11) is 0. The number of piperidine rings is 1. The molecule has 3 aliphatic heterocycles. The zero-order valence-corrected chi connectivity index (χ0v) is 19.2. The molecule has 1 atom stereocenters. The number of nitrogens with zero attached hydrogens (tertiary/aromatic N) is 4. The third-order valence-electron chi connectivity index (χ3n) is 7.30. The van der Waals surface area contributed by atoms with Gasteiger partial charge in [0.2, 0.25) is 5.91 Å². The number of benzene rings is 1. The first kappa shape index (κ1) is 22.1. The Morgan fingerprint density at radius 2 is 1.68 bits per heavy atom. The molecule has 0 spiro atoms. The van der Waals surface area contributed by atoms with Gasteiger partial charge in [-0.25, -0.2) is 4.79 Å². The first-order valence-corrected chi connectivity index (χ1v) is 11.7. The minimum absolute atomic E-state index is 0.0307. The fourth-order valence-corrected chi connectivity index (χ4v) is 5.63. The maximum Gasteiger partial charge on any atom is 0.317 e. The summed E-state index contributed by atoms with van der Waals surface area (Å²) < 4.78 is 0. The van der Waals surface area contributed by atoms with Crippen molar-refractivity contribution in [1.82, 2.24) is 24.9 Å². The lowest BCUT2D eigenvalue weighted by atomic mass is 9.91. The molecule has 7 heteroatoms. The summed E-state index contributed by atoms with van der Waals surface area (Å²) in [6.45, 7) is 13.1. The van der Waals surface area contributed by atoms with Gasteiger partial charge in [-0.05, 0) is 32.3 Å². The van der Waals surface area contributed by atoms with E-state index >= 15 is 0 Å². The van der Waals surface area contributed by atoms with Crippen LogP contribution in [0.5, 0.6) is 0 Å². The molecule has 1 N–H and O–H groups in total. The molecule has 170 valence electrons. The summed E-state index contributed by atoms with van der Waals surface area (Å²) >= 11 is 0. The van der Waals surface area contributed by atoms with E-state index in [0.29, 0.717) is 18.6 Å². The monoisotopic (exact) mass is 427 g/mol. The van der Waals surface area contributed by atoms with Gasteiger partial charge in [-0.15, -0.1) is 0 Å². The molecule has 0 radical (unpaired) electrons. The minimum Gasteiger partial charge on any atom is -0.343 e. The van der Waals surface area contributed by atoms with E-state index in [4.69, 9.17) is 0 Å². The maximum absolute atomic E-state index is 13.0. The van der Waals surface area contributed by atoms with Crippen LogP contribution in [0.25, 0.3) is 0 Å². The third-order valence-corrected chi connectivity index (χ3v) is 7.30. The summed E-state index contributed by atoms with van der Waals surface area (Å²) in [5.74, 6) is 0.189. The first-order valence-electron chi connectivity index (χ1n) is 11.7. The molecule has 3 aliphatic rings. The van der Waals surface area contributed by atoms with Crippen molar-refractivity contribution >= 4 is 11.9 Å². The van der Waals surface area contributed by atoms with Gasteiger partial charge in [0.25, 0.3) is 0 Å². The molecule has 1 aromatic carbocycles. The van der Waals surface area contributed by atoms with E-state index in [1.54, 1.807) is 6.92 Å². The number of hydrogen-bond donors (Lipinski definition) is 1. The smallest absolute Gasteiger partial charge is 0.317 e. The van der Waals surface area contributed by atoms with Crippen LogP contribution < -0.4 is 5.32 Å². The number of piperazine rings is 2. The Bertz CT molecular complexity index is 775. The molecule has 4 rings (SSSR count). The summed E-state index contributed by atoms with van der Waals surface area (Å²) in [6.07, 6.45) is 2.11. The van der Waals surface area contributed by atoms with Gasteiger partial charge in [-0.2, -0.15) is 0 Å². The summed E-state index contributed by atoms with van der Waals surface area (Å²) in [6, 6.07) is 11.0. The Morgan fingerprint density at radius 1 is 0.968 bits per heavy atom. The molecule has 0 unspecified atom stereocenters. The Kier molecular flexibility index (Phi) is 6.53. The molecule has 0 aliphatic carbocycles. The van der Waals surface area contributed by atoms with Gasteiger partial charge < -0.3 is 15.1 Å². The van der Waals surface area contributed by atoms with E-state index in [1.807, 2.05) is 40.1 Å². The highest BCUT2D eigenvalue weighted by atomic mass is 16.2. The molecule has 0 aromatic heterocycles. The number of carbonyl (C=O) groups is 2. The molecular formula is C24H37N5O2. The Balaban J connectivity index is 1.35. The molecular weight excluding hydrogens is 390 g/mol. The first-order chi connectivity index (χ1) is 14.8. The predicted molar refractivity (Wildman–Crippen MR) is 122 cm³/mol. The van der Waals surface area contributed by atoms with Crippen molar-refractivity contribution in [2.24, 2.45) is 0 Å². The molecule has 0 saturated carbocycles. The van der Waals surface area contributed by atoms with Gasteiger partial charge >= 0.3 is 6.03 Å². The van der Waals surface area contributed by atoms with E-state index in [2.05, 4.69) is 29.0 Å². The van der Waals surface area contributed by atoms with Crippen molar-refractivity contribution in [2.75, 3.05) is 45.8 Å². The van der Waals surface area contributed by atoms with Crippen LogP contribution in [0.4, 0.5) is 4.79 Å².